The molecule has 2 nitrogen and oxygen atoms in total. The van der Waals surface area contributed by atoms with E-state index in [-0.39, 0.29) is 0 Å². The molecule has 1 aliphatic heterocycles. The number of hydrogen-bond acceptors (Lipinski definition) is 2. The van der Waals surface area contributed by atoms with Gasteiger partial charge in [0.05, 0.1) is 0 Å². The standard InChI is InChI=1S/C4H6N2/c1-4-2-5-3-6-4/h2-3,6H,1H3/q+1. The van der Waals surface area contributed by atoms with Crippen molar-refractivity contribution in [3.8, 4) is 0 Å². The Morgan fingerprint density at radius 1 is 1.83 bits per heavy atom. The second-order valence-corrected chi connectivity index (χ2v) is 1.23. The smallest absolute Gasteiger partial charge is 0.244 e. The van der Waals surface area contributed by atoms with Gasteiger partial charge in [-0.05, 0) is 0 Å². The third-order valence-electron chi connectivity index (χ3n) is 0.635. The molecule has 0 bridgehead atoms. The van der Waals surface area contributed by atoms with Crippen LogP contribution >= 0.6 is 0 Å². The highest BCUT2D eigenvalue weighted by molar-refractivity contribution is 5.59. The highest BCUT2D eigenvalue weighted by atomic mass is 15.0. The molecule has 0 fully saturated rings. The fourth-order valence-corrected chi connectivity index (χ4v) is 0.325. The van der Waals surface area contributed by atoms with E-state index in [1.165, 1.54) is 0 Å². The van der Waals surface area contributed by atoms with Crippen LogP contribution in [0.4, 0.5) is 0 Å². The fourth-order valence-electron chi connectivity index (χ4n) is 0.325. The maximum Gasteiger partial charge on any atom is 0.284 e. The van der Waals surface area contributed by atoms with Crippen LogP contribution in [0.25, 0.3) is 0 Å². The molecule has 0 aromatic heterocycles. The van der Waals surface area contributed by atoms with Gasteiger partial charge in [0.25, 0.3) is 6.34 Å². The van der Waals surface area contributed by atoms with E-state index in [0.29, 0.717) is 0 Å². The van der Waals surface area contributed by atoms with Crippen LogP contribution in [0.3, 0.4) is 0 Å². The molecule has 0 aliphatic carbocycles. The summed E-state index contributed by atoms with van der Waals surface area (Å²) >= 11 is 0. The molecule has 1 aliphatic rings. The van der Waals surface area contributed by atoms with Crippen LogP contribution in [0.1, 0.15) is 6.92 Å². The number of aliphatic imine (C=N–C) groups is 1. The van der Waals surface area contributed by atoms with Crippen molar-refractivity contribution in [2.75, 3.05) is 0 Å². The van der Waals surface area contributed by atoms with Crippen LogP contribution in [0.2, 0.25) is 0 Å². The van der Waals surface area contributed by atoms with Gasteiger partial charge in [-0.25, -0.2) is 5.32 Å². The Morgan fingerprint density at radius 3 is 2.83 bits per heavy atom. The molecule has 1 N–H and O–H groups in total. The van der Waals surface area contributed by atoms with Gasteiger partial charge < -0.3 is 0 Å². The highest BCUT2D eigenvalue weighted by Gasteiger charge is 1.97. The first kappa shape index (κ1) is 3.40. The fraction of sp³-hybridized carbons (Fsp3) is 0.250. The molecule has 0 saturated heterocycles. The van der Waals surface area contributed by atoms with Crippen molar-refractivity contribution >= 4 is 6.34 Å². The molecular weight excluding hydrogens is 76.1 g/mol. The second kappa shape index (κ2) is 1.12. The summed E-state index contributed by atoms with van der Waals surface area (Å²) in [6.45, 7) is 1.97. The Labute approximate surface area is 36.6 Å². The van der Waals surface area contributed by atoms with Gasteiger partial charge in [-0.2, -0.15) is 0 Å². The zero-order valence-electron chi connectivity index (χ0n) is 3.60. The van der Waals surface area contributed by atoms with E-state index in [4.69, 9.17) is 0 Å². The van der Waals surface area contributed by atoms with Crippen LogP contribution in [-0.2, 0) is 0 Å². The summed E-state index contributed by atoms with van der Waals surface area (Å²) in [7, 11) is 0. The van der Waals surface area contributed by atoms with Crippen molar-refractivity contribution in [2.45, 2.75) is 6.92 Å². The zero-order valence-corrected chi connectivity index (χ0v) is 3.60. The lowest BCUT2D eigenvalue weighted by Crippen LogP contribution is -2.01. The summed E-state index contributed by atoms with van der Waals surface area (Å²) < 4.78 is 0. The molecule has 1 radical (unpaired) electrons. The van der Waals surface area contributed by atoms with Crippen molar-refractivity contribution in [1.82, 2.24) is 10.3 Å². The molecule has 0 unspecified atom stereocenters. The summed E-state index contributed by atoms with van der Waals surface area (Å²) in [6.07, 6.45) is 3.44. The first-order valence-electron chi connectivity index (χ1n) is 1.84. The number of allylic oxidation sites excluding steroid dienone is 1. The zero-order chi connectivity index (χ0) is 4.41. The number of nitrogens with zero attached hydrogens (tertiary/aromatic N) is 1. The second-order valence-electron chi connectivity index (χ2n) is 1.23. The van der Waals surface area contributed by atoms with E-state index in [1.807, 2.05) is 6.92 Å². The SMILES string of the molecule is CC1=C[N+]=CN1. The monoisotopic (exact) mass is 82.1 g/mol. The summed E-state index contributed by atoms with van der Waals surface area (Å²) in [5.41, 5.74) is 1.11. The van der Waals surface area contributed by atoms with E-state index in [2.05, 4.69) is 10.3 Å². The van der Waals surface area contributed by atoms with Crippen molar-refractivity contribution in [3.63, 3.8) is 0 Å². The Hall–Kier alpha value is -0.790. The Kier molecular flexibility index (Phi) is 0.638. The first-order chi connectivity index (χ1) is 2.89. The summed E-state index contributed by atoms with van der Waals surface area (Å²) in [5.74, 6) is 0. The molecular formula is C4H6N2+. The average molecular weight is 82.1 g/mol. The minimum absolute atomic E-state index is 1.11. The van der Waals surface area contributed by atoms with Crippen molar-refractivity contribution in [3.05, 3.63) is 11.9 Å². The van der Waals surface area contributed by atoms with Crippen LogP contribution in [0, 0.1) is 0 Å². The van der Waals surface area contributed by atoms with E-state index >= 15 is 0 Å². The third kappa shape index (κ3) is 0.407. The largest absolute Gasteiger partial charge is 0.284 e. The van der Waals surface area contributed by atoms with Gasteiger partial charge in [0.15, 0.2) is 6.20 Å². The van der Waals surface area contributed by atoms with Crippen LogP contribution < -0.4 is 10.3 Å². The van der Waals surface area contributed by atoms with Crippen molar-refractivity contribution in [2.24, 2.45) is 0 Å². The van der Waals surface area contributed by atoms with Gasteiger partial charge in [-0.1, -0.05) is 4.99 Å². The topological polar surface area (TPSA) is 26.1 Å². The van der Waals surface area contributed by atoms with Gasteiger partial charge >= 0.3 is 0 Å². The Bertz CT molecular complexity index is 102. The first-order valence-corrected chi connectivity index (χ1v) is 1.84. The van der Waals surface area contributed by atoms with Gasteiger partial charge in [0.2, 0.25) is 0 Å². The van der Waals surface area contributed by atoms with Crippen LogP contribution in [0.15, 0.2) is 11.9 Å². The number of hydrogen-bond donors (Lipinski definition) is 1. The van der Waals surface area contributed by atoms with Crippen molar-refractivity contribution < 1.29 is 0 Å². The molecule has 0 aromatic carbocycles. The molecule has 31 valence electrons. The quantitative estimate of drug-likeness (QED) is 0.431. The molecule has 0 atom stereocenters. The molecule has 0 amide bonds. The average Bonchev–Trinajstić information content (AvgIpc) is 1.86. The van der Waals surface area contributed by atoms with Gasteiger partial charge in [-0.15, -0.1) is 0 Å². The Balaban J connectivity index is 2.61. The van der Waals surface area contributed by atoms with Crippen LogP contribution in [-0.4, -0.2) is 6.34 Å². The molecule has 2 heteroatoms. The summed E-state index contributed by atoms with van der Waals surface area (Å²) in [4.78, 5) is 3.77. The maximum atomic E-state index is 3.77. The molecule has 6 heavy (non-hydrogen) atoms. The Morgan fingerprint density at radius 2 is 2.67 bits per heavy atom. The highest BCUT2D eigenvalue weighted by Crippen LogP contribution is 1.81. The number of nitrogens with one attached hydrogen (secondary N) is 1. The maximum absolute atomic E-state index is 3.77. The normalized spacial score (nSPS) is 17.2. The predicted molar refractivity (Wildman–Crippen MR) is 25.1 cm³/mol. The summed E-state index contributed by atoms with van der Waals surface area (Å²) in [6, 6.07) is 0. The van der Waals surface area contributed by atoms with Crippen LogP contribution in [0.5, 0.6) is 0 Å². The molecule has 0 spiro atoms. The van der Waals surface area contributed by atoms with E-state index < -0.39 is 0 Å². The van der Waals surface area contributed by atoms with E-state index in [9.17, 15) is 0 Å². The van der Waals surface area contributed by atoms with Gasteiger partial charge in [0, 0.05) is 6.92 Å². The molecule has 1 heterocycles. The minimum Gasteiger partial charge on any atom is -0.244 e. The lowest BCUT2D eigenvalue weighted by molar-refractivity contribution is 1.18. The lowest BCUT2D eigenvalue weighted by atomic mass is 10.6. The van der Waals surface area contributed by atoms with Crippen molar-refractivity contribution in [1.29, 1.82) is 0 Å². The van der Waals surface area contributed by atoms with E-state index in [0.717, 1.165) is 5.70 Å². The van der Waals surface area contributed by atoms with Gasteiger partial charge in [0.1, 0.15) is 5.70 Å². The van der Waals surface area contributed by atoms with Gasteiger partial charge in [-0.3, -0.25) is 0 Å². The molecule has 1 rings (SSSR count). The van der Waals surface area contributed by atoms with E-state index in [1.54, 1.807) is 12.5 Å². The summed E-state index contributed by atoms with van der Waals surface area (Å²) in [5, 5.41) is 2.89. The minimum atomic E-state index is 1.11. The third-order valence-corrected chi connectivity index (χ3v) is 0.635. The number of rotatable bonds is 0. The predicted octanol–water partition coefficient (Wildman–Crippen LogP) is -0.185. The lowest BCUT2D eigenvalue weighted by Gasteiger charge is -1.72. The molecule has 0 aromatic rings. The molecule has 0 saturated carbocycles.